The molecule has 0 fully saturated rings. The fourth-order valence-electron chi connectivity index (χ4n) is 5.27. The van der Waals surface area contributed by atoms with Gasteiger partial charge < -0.3 is 9.84 Å². The molecular weight excluding hydrogens is 480 g/mol. The van der Waals surface area contributed by atoms with E-state index in [4.69, 9.17) is 4.74 Å². The maximum absolute atomic E-state index is 12.4. The lowest BCUT2D eigenvalue weighted by molar-refractivity contribution is -0.143. The summed E-state index contributed by atoms with van der Waals surface area (Å²) in [5, 5.41) is 11.0. The standard InChI is InChI=1S/C36H64O3/c1-8-10-11-12-13-14-15-16-17-18-19-20-21-22-23-24-27-39-33(37)26-25-30-28-31(35(3,4)5)34(38)32(29-30)36(6,7)9-2/h28-29,38H,8-27H2,1-7H3. The van der Waals surface area contributed by atoms with Gasteiger partial charge in [-0.25, -0.2) is 0 Å². The SMILES string of the molecule is CCCCCCCCCCCCCCCCCCOC(=O)CCc1cc(C(C)(C)C)c(O)c(C(C)(C)CC)c1. The molecule has 0 bridgehead atoms. The van der Waals surface area contributed by atoms with E-state index in [9.17, 15) is 9.90 Å². The molecule has 0 atom stereocenters. The van der Waals surface area contributed by atoms with Crippen molar-refractivity contribution in [2.24, 2.45) is 0 Å². The fraction of sp³-hybridized carbons (Fsp3) is 0.806. The Morgan fingerprint density at radius 1 is 0.692 bits per heavy atom. The summed E-state index contributed by atoms with van der Waals surface area (Å²) in [5.74, 6) is 0.293. The number of rotatable bonds is 22. The van der Waals surface area contributed by atoms with Crippen LogP contribution in [0.5, 0.6) is 5.75 Å². The molecule has 3 heteroatoms. The van der Waals surface area contributed by atoms with Crippen molar-refractivity contribution in [3.05, 3.63) is 28.8 Å². The van der Waals surface area contributed by atoms with Crippen LogP contribution in [0.15, 0.2) is 12.1 Å². The molecule has 0 saturated heterocycles. The van der Waals surface area contributed by atoms with Gasteiger partial charge in [0.05, 0.1) is 6.61 Å². The van der Waals surface area contributed by atoms with E-state index in [0.29, 0.717) is 25.2 Å². The van der Waals surface area contributed by atoms with E-state index < -0.39 is 0 Å². The zero-order valence-corrected chi connectivity index (χ0v) is 27.1. The molecular formula is C36H64O3. The van der Waals surface area contributed by atoms with Crippen molar-refractivity contribution < 1.29 is 14.6 Å². The van der Waals surface area contributed by atoms with Crippen molar-refractivity contribution in [1.29, 1.82) is 0 Å². The van der Waals surface area contributed by atoms with E-state index in [2.05, 4.69) is 60.6 Å². The normalized spacial score (nSPS) is 12.2. The number of ether oxygens (including phenoxy) is 1. The highest BCUT2D eigenvalue weighted by Crippen LogP contribution is 2.41. The molecule has 0 radical (unpaired) electrons. The van der Waals surface area contributed by atoms with Crippen LogP contribution in [0.2, 0.25) is 0 Å². The highest BCUT2D eigenvalue weighted by atomic mass is 16.5. The number of unbranched alkanes of at least 4 members (excludes halogenated alkanes) is 15. The quantitative estimate of drug-likeness (QED) is 0.117. The van der Waals surface area contributed by atoms with Crippen molar-refractivity contribution >= 4 is 5.97 Å². The molecule has 226 valence electrons. The van der Waals surface area contributed by atoms with Crippen LogP contribution in [0.1, 0.15) is 181 Å². The van der Waals surface area contributed by atoms with Crippen LogP contribution < -0.4 is 0 Å². The number of hydrogen-bond donors (Lipinski definition) is 1. The predicted octanol–water partition coefficient (Wildman–Crippen LogP) is 11.1. The van der Waals surface area contributed by atoms with Gasteiger partial charge in [0.15, 0.2) is 0 Å². The minimum absolute atomic E-state index is 0.113. The first-order chi connectivity index (χ1) is 18.5. The number of phenols is 1. The maximum atomic E-state index is 12.4. The zero-order chi connectivity index (χ0) is 29.2. The molecule has 0 aliphatic carbocycles. The van der Waals surface area contributed by atoms with E-state index in [-0.39, 0.29) is 16.8 Å². The van der Waals surface area contributed by atoms with Crippen molar-refractivity contribution in [2.45, 2.75) is 181 Å². The molecule has 39 heavy (non-hydrogen) atoms. The van der Waals surface area contributed by atoms with Crippen LogP contribution >= 0.6 is 0 Å². The first-order valence-electron chi connectivity index (χ1n) is 16.6. The van der Waals surface area contributed by atoms with E-state index in [1.807, 2.05) is 0 Å². The third kappa shape index (κ3) is 15.2. The average Bonchev–Trinajstić information content (AvgIpc) is 2.89. The molecule has 0 amide bonds. The average molecular weight is 545 g/mol. The van der Waals surface area contributed by atoms with Crippen molar-refractivity contribution in [1.82, 2.24) is 0 Å². The van der Waals surface area contributed by atoms with E-state index in [1.165, 1.54) is 89.9 Å². The Kier molecular flexibility index (Phi) is 17.8. The summed E-state index contributed by atoms with van der Waals surface area (Å²) in [6.45, 7) is 15.7. The molecule has 0 aliphatic rings. The number of benzene rings is 1. The van der Waals surface area contributed by atoms with Crippen molar-refractivity contribution in [3.63, 3.8) is 0 Å². The van der Waals surface area contributed by atoms with Gasteiger partial charge in [-0.05, 0) is 41.2 Å². The first-order valence-corrected chi connectivity index (χ1v) is 16.6. The smallest absolute Gasteiger partial charge is 0.306 e. The molecule has 0 heterocycles. The second-order valence-electron chi connectivity index (χ2n) is 13.6. The van der Waals surface area contributed by atoms with E-state index >= 15 is 0 Å². The molecule has 1 aromatic rings. The van der Waals surface area contributed by atoms with Gasteiger partial charge in [-0.3, -0.25) is 4.79 Å². The topological polar surface area (TPSA) is 46.5 Å². The van der Waals surface area contributed by atoms with Crippen LogP contribution in [0.3, 0.4) is 0 Å². The molecule has 1 N–H and O–H groups in total. The first kappa shape index (κ1) is 35.5. The lowest BCUT2D eigenvalue weighted by Crippen LogP contribution is -2.20. The Balaban J connectivity index is 2.18. The molecule has 0 unspecified atom stereocenters. The van der Waals surface area contributed by atoms with E-state index in [1.54, 1.807) is 0 Å². The largest absolute Gasteiger partial charge is 0.507 e. The summed E-state index contributed by atoms with van der Waals surface area (Å²) < 4.78 is 5.53. The second-order valence-corrected chi connectivity index (χ2v) is 13.6. The van der Waals surface area contributed by atoms with Crippen LogP contribution in [0, 0.1) is 0 Å². The Hall–Kier alpha value is -1.51. The van der Waals surface area contributed by atoms with Crippen LogP contribution in [0.4, 0.5) is 0 Å². The molecule has 0 spiro atoms. The second kappa shape index (κ2) is 19.5. The highest BCUT2D eigenvalue weighted by molar-refractivity contribution is 5.69. The van der Waals surface area contributed by atoms with Gasteiger partial charge in [-0.15, -0.1) is 0 Å². The Labute approximate surface area is 242 Å². The predicted molar refractivity (Wildman–Crippen MR) is 169 cm³/mol. The van der Waals surface area contributed by atoms with Gasteiger partial charge in [0.25, 0.3) is 0 Å². The van der Waals surface area contributed by atoms with Crippen LogP contribution in [-0.2, 0) is 26.8 Å². The summed E-state index contributed by atoms with van der Waals surface area (Å²) in [6, 6.07) is 4.17. The van der Waals surface area contributed by atoms with Gasteiger partial charge in [-0.1, -0.05) is 157 Å². The molecule has 0 aliphatic heterocycles. The Morgan fingerprint density at radius 3 is 1.56 bits per heavy atom. The number of carbonyl (C=O) groups excluding carboxylic acids is 1. The maximum Gasteiger partial charge on any atom is 0.306 e. The third-order valence-electron chi connectivity index (χ3n) is 8.47. The summed E-state index contributed by atoms with van der Waals surface area (Å²) in [7, 11) is 0. The van der Waals surface area contributed by atoms with Gasteiger partial charge in [0, 0.05) is 12.0 Å². The van der Waals surface area contributed by atoms with Crippen molar-refractivity contribution in [3.8, 4) is 5.75 Å². The van der Waals surface area contributed by atoms with Gasteiger partial charge in [0.2, 0.25) is 0 Å². The molecule has 1 aromatic carbocycles. The lowest BCUT2D eigenvalue weighted by Gasteiger charge is -2.30. The van der Waals surface area contributed by atoms with Crippen LogP contribution in [-0.4, -0.2) is 17.7 Å². The minimum atomic E-state index is -0.160. The number of aromatic hydroxyl groups is 1. The summed E-state index contributed by atoms with van der Waals surface area (Å²) in [4.78, 5) is 12.4. The van der Waals surface area contributed by atoms with Crippen LogP contribution in [0.25, 0.3) is 0 Å². The summed E-state index contributed by atoms with van der Waals surface area (Å²) in [5.41, 5.74) is 2.76. The Bertz CT molecular complexity index is 787. The number of carbonyl (C=O) groups is 1. The van der Waals surface area contributed by atoms with Crippen molar-refractivity contribution in [2.75, 3.05) is 6.61 Å². The third-order valence-corrected chi connectivity index (χ3v) is 8.47. The molecule has 0 aromatic heterocycles. The monoisotopic (exact) mass is 544 g/mol. The highest BCUT2D eigenvalue weighted by Gasteiger charge is 2.28. The van der Waals surface area contributed by atoms with Gasteiger partial charge in [-0.2, -0.15) is 0 Å². The Morgan fingerprint density at radius 2 is 1.13 bits per heavy atom. The number of phenolic OH excluding ortho intramolecular Hbond substituents is 1. The van der Waals surface area contributed by atoms with Gasteiger partial charge in [0.1, 0.15) is 5.75 Å². The minimum Gasteiger partial charge on any atom is -0.507 e. The molecule has 0 saturated carbocycles. The fourth-order valence-corrected chi connectivity index (χ4v) is 5.27. The summed E-state index contributed by atoms with van der Waals surface area (Å²) >= 11 is 0. The molecule has 1 rings (SSSR count). The number of hydrogen-bond acceptors (Lipinski definition) is 3. The number of esters is 1. The van der Waals surface area contributed by atoms with Gasteiger partial charge >= 0.3 is 5.97 Å². The lowest BCUT2D eigenvalue weighted by atomic mass is 9.76. The van der Waals surface area contributed by atoms with E-state index in [0.717, 1.165) is 36.0 Å². The summed E-state index contributed by atoms with van der Waals surface area (Å²) in [6.07, 6.45) is 23.5. The molecule has 3 nitrogen and oxygen atoms in total. The number of aryl methyl sites for hydroxylation is 1. The zero-order valence-electron chi connectivity index (χ0n) is 27.1.